The lowest BCUT2D eigenvalue weighted by molar-refractivity contribution is -0.117. The summed E-state index contributed by atoms with van der Waals surface area (Å²) in [6.07, 6.45) is 0.760. The van der Waals surface area contributed by atoms with E-state index in [0.717, 1.165) is 23.2 Å². The summed E-state index contributed by atoms with van der Waals surface area (Å²) in [6.45, 7) is 5.90. The van der Waals surface area contributed by atoms with E-state index >= 15 is 0 Å². The number of para-hydroxylation sites is 1. The fraction of sp³-hybridized carbons (Fsp3) is 0.269. The van der Waals surface area contributed by atoms with E-state index in [1.165, 1.54) is 4.31 Å². The third-order valence-electron chi connectivity index (χ3n) is 5.93. The summed E-state index contributed by atoms with van der Waals surface area (Å²) < 4.78 is 28.4. The zero-order chi connectivity index (χ0) is 22.9. The van der Waals surface area contributed by atoms with Crippen molar-refractivity contribution in [1.82, 2.24) is 0 Å². The maximum absolute atomic E-state index is 13.6. The summed E-state index contributed by atoms with van der Waals surface area (Å²) >= 11 is 0. The summed E-state index contributed by atoms with van der Waals surface area (Å²) in [4.78, 5) is 15.4. The molecule has 0 N–H and O–H groups in total. The van der Waals surface area contributed by atoms with Crippen LogP contribution in [0.3, 0.4) is 0 Å². The Morgan fingerprint density at radius 2 is 1.59 bits per heavy atom. The van der Waals surface area contributed by atoms with E-state index in [9.17, 15) is 13.2 Å². The number of carbonyl (C=O) groups excluding carboxylic acids is 1. The predicted octanol–water partition coefficient (Wildman–Crippen LogP) is 4.98. The molecule has 0 radical (unpaired) electrons. The zero-order valence-electron chi connectivity index (χ0n) is 18.6. The highest BCUT2D eigenvalue weighted by atomic mass is 32.2. The first-order valence-electron chi connectivity index (χ1n) is 10.9. The molecule has 0 saturated carbocycles. The monoisotopic (exact) mass is 448 g/mol. The van der Waals surface area contributed by atoms with Gasteiger partial charge >= 0.3 is 0 Å². The SMILES string of the molecule is CC(C)c1ccc(N(CC(=O)N2c3ccccc3CC2C)S(=O)(=O)c2ccccc2)cc1. The Kier molecular flexibility index (Phi) is 6.07. The Bertz CT molecular complexity index is 1210. The van der Waals surface area contributed by atoms with Crippen molar-refractivity contribution in [3.05, 3.63) is 90.0 Å². The number of anilines is 2. The first-order valence-corrected chi connectivity index (χ1v) is 12.3. The Hall–Kier alpha value is -3.12. The summed E-state index contributed by atoms with van der Waals surface area (Å²) in [6, 6.07) is 23.5. The molecule has 0 fully saturated rings. The van der Waals surface area contributed by atoms with Crippen LogP contribution < -0.4 is 9.21 Å². The normalized spacial score (nSPS) is 15.6. The minimum Gasteiger partial charge on any atom is -0.307 e. The lowest BCUT2D eigenvalue weighted by Crippen LogP contribution is -2.45. The fourth-order valence-corrected chi connectivity index (χ4v) is 5.64. The third kappa shape index (κ3) is 4.15. The highest BCUT2D eigenvalue weighted by Gasteiger charge is 2.34. The molecule has 0 bridgehead atoms. The number of rotatable bonds is 6. The van der Waals surface area contributed by atoms with E-state index in [1.807, 2.05) is 43.3 Å². The molecule has 1 aliphatic heterocycles. The van der Waals surface area contributed by atoms with Crippen molar-refractivity contribution in [3.8, 4) is 0 Å². The average Bonchev–Trinajstić information content (AvgIpc) is 3.13. The van der Waals surface area contributed by atoms with Crippen molar-refractivity contribution >= 4 is 27.3 Å². The van der Waals surface area contributed by atoms with Gasteiger partial charge in [-0.1, -0.05) is 62.4 Å². The minimum absolute atomic E-state index is 0.0236. The van der Waals surface area contributed by atoms with E-state index in [0.29, 0.717) is 11.6 Å². The average molecular weight is 449 g/mol. The number of hydrogen-bond donors (Lipinski definition) is 0. The lowest BCUT2D eigenvalue weighted by atomic mass is 10.0. The van der Waals surface area contributed by atoms with Crippen molar-refractivity contribution in [2.24, 2.45) is 0 Å². The van der Waals surface area contributed by atoms with E-state index in [4.69, 9.17) is 0 Å². The van der Waals surface area contributed by atoms with Crippen LogP contribution in [0.1, 0.15) is 37.8 Å². The largest absolute Gasteiger partial charge is 0.307 e. The van der Waals surface area contributed by atoms with E-state index in [2.05, 4.69) is 13.8 Å². The van der Waals surface area contributed by atoms with E-state index in [1.54, 1.807) is 47.4 Å². The van der Waals surface area contributed by atoms with Crippen LogP contribution in [0.2, 0.25) is 0 Å². The molecule has 3 aromatic carbocycles. The molecule has 1 aliphatic rings. The number of sulfonamides is 1. The van der Waals surface area contributed by atoms with Gasteiger partial charge < -0.3 is 4.90 Å². The standard InChI is InChI=1S/C26H28N2O3S/c1-19(2)21-13-15-23(16-14-21)27(32(30,31)24-10-5-4-6-11-24)18-26(29)28-20(3)17-22-9-7-8-12-25(22)28/h4-16,19-20H,17-18H2,1-3H3. The quantitative estimate of drug-likeness (QED) is 0.534. The molecule has 0 saturated heterocycles. The molecule has 0 spiro atoms. The fourth-order valence-electron chi connectivity index (χ4n) is 4.20. The number of carbonyl (C=O) groups is 1. The van der Waals surface area contributed by atoms with Gasteiger partial charge in [0.2, 0.25) is 5.91 Å². The third-order valence-corrected chi connectivity index (χ3v) is 7.72. The molecule has 1 unspecified atom stereocenters. The summed E-state index contributed by atoms with van der Waals surface area (Å²) in [5.74, 6) is 0.0849. The number of hydrogen-bond acceptors (Lipinski definition) is 3. The molecule has 0 aromatic heterocycles. The van der Waals surface area contributed by atoms with Crippen LogP contribution in [0, 0.1) is 0 Å². The number of fused-ring (bicyclic) bond motifs is 1. The first-order chi connectivity index (χ1) is 15.3. The molecule has 6 heteroatoms. The van der Waals surface area contributed by atoms with Crippen LogP contribution in [0.5, 0.6) is 0 Å². The molecule has 166 valence electrons. The van der Waals surface area contributed by atoms with Crippen LogP contribution in [-0.4, -0.2) is 26.9 Å². The summed E-state index contributed by atoms with van der Waals surface area (Å²) in [7, 11) is -3.92. The van der Waals surface area contributed by atoms with Gasteiger partial charge in [-0.05, 0) is 60.7 Å². The molecular weight excluding hydrogens is 420 g/mol. The Labute approximate surface area is 190 Å². The second kappa shape index (κ2) is 8.79. The van der Waals surface area contributed by atoms with Gasteiger partial charge in [-0.3, -0.25) is 9.10 Å². The van der Waals surface area contributed by atoms with Gasteiger partial charge in [0.05, 0.1) is 10.6 Å². The van der Waals surface area contributed by atoms with Gasteiger partial charge in [0, 0.05) is 11.7 Å². The van der Waals surface area contributed by atoms with Crippen molar-refractivity contribution < 1.29 is 13.2 Å². The van der Waals surface area contributed by atoms with E-state index < -0.39 is 10.0 Å². The second-order valence-electron chi connectivity index (χ2n) is 8.52. The van der Waals surface area contributed by atoms with Gasteiger partial charge in [0.15, 0.2) is 0 Å². The predicted molar refractivity (Wildman–Crippen MR) is 129 cm³/mol. The van der Waals surface area contributed by atoms with Gasteiger partial charge in [0.1, 0.15) is 6.54 Å². The molecule has 5 nitrogen and oxygen atoms in total. The molecule has 4 rings (SSSR count). The Balaban J connectivity index is 1.72. The van der Waals surface area contributed by atoms with Gasteiger partial charge in [-0.25, -0.2) is 8.42 Å². The molecular formula is C26H28N2O3S. The highest BCUT2D eigenvalue weighted by Crippen LogP contribution is 2.33. The van der Waals surface area contributed by atoms with Crippen LogP contribution in [-0.2, 0) is 21.2 Å². The second-order valence-corrected chi connectivity index (χ2v) is 10.4. The van der Waals surface area contributed by atoms with Gasteiger partial charge in [0.25, 0.3) is 10.0 Å². The Morgan fingerprint density at radius 3 is 2.25 bits per heavy atom. The van der Waals surface area contributed by atoms with Gasteiger partial charge in [-0.2, -0.15) is 0 Å². The smallest absolute Gasteiger partial charge is 0.264 e. The van der Waals surface area contributed by atoms with Crippen LogP contribution in [0.4, 0.5) is 11.4 Å². The summed E-state index contributed by atoms with van der Waals surface area (Å²) in [5.41, 5.74) is 3.55. The molecule has 1 atom stereocenters. The van der Waals surface area contributed by atoms with Gasteiger partial charge in [-0.15, -0.1) is 0 Å². The van der Waals surface area contributed by atoms with Crippen molar-refractivity contribution in [1.29, 1.82) is 0 Å². The minimum atomic E-state index is -3.92. The maximum atomic E-state index is 13.6. The van der Waals surface area contributed by atoms with Crippen molar-refractivity contribution in [2.75, 3.05) is 15.7 Å². The van der Waals surface area contributed by atoms with Crippen LogP contribution in [0.15, 0.2) is 83.8 Å². The molecule has 1 heterocycles. The molecule has 1 amide bonds. The van der Waals surface area contributed by atoms with E-state index in [-0.39, 0.29) is 23.4 Å². The number of amides is 1. The topological polar surface area (TPSA) is 57.7 Å². The lowest BCUT2D eigenvalue weighted by Gasteiger charge is -2.29. The first kappa shape index (κ1) is 22.1. The van der Waals surface area contributed by atoms with Crippen molar-refractivity contribution in [2.45, 2.75) is 44.0 Å². The maximum Gasteiger partial charge on any atom is 0.264 e. The number of nitrogens with zero attached hydrogens (tertiary/aromatic N) is 2. The molecule has 3 aromatic rings. The van der Waals surface area contributed by atoms with Crippen molar-refractivity contribution in [3.63, 3.8) is 0 Å². The Morgan fingerprint density at radius 1 is 0.969 bits per heavy atom. The molecule has 32 heavy (non-hydrogen) atoms. The summed E-state index contributed by atoms with van der Waals surface area (Å²) in [5, 5.41) is 0. The molecule has 0 aliphatic carbocycles. The van der Waals surface area contributed by atoms with Crippen LogP contribution in [0.25, 0.3) is 0 Å². The number of benzene rings is 3. The highest BCUT2D eigenvalue weighted by molar-refractivity contribution is 7.92. The van der Waals surface area contributed by atoms with Crippen LogP contribution >= 0.6 is 0 Å². The zero-order valence-corrected chi connectivity index (χ0v) is 19.4.